The van der Waals surface area contributed by atoms with Gasteiger partial charge < -0.3 is 20.6 Å². The Labute approximate surface area is 394 Å². The standard InChI is InChI=1S/C58H113NO4/c1-3-5-7-9-11-13-15-17-18-19-20-21-22-23-24-25-26-27-28-29-30-31-32-33-34-35-36-37-38-40-41-43-45-47-49-51-55(61)53-58(63)59-56(54-60)57(62)52-50-48-46-44-42-39-16-14-12-10-8-6-4-2/h27-28,50,52,55-57,60-62H,3-26,29-49,51,53-54H2,1-2H3,(H,59,63)/b28-27-,52-50+. The highest BCUT2D eigenvalue weighted by Gasteiger charge is 2.20. The minimum atomic E-state index is -0.926. The zero-order valence-electron chi connectivity index (χ0n) is 42.7. The number of nitrogens with one attached hydrogen (secondary N) is 1. The summed E-state index contributed by atoms with van der Waals surface area (Å²) in [6.07, 6.45) is 68.2. The maximum absolute atomic E-state index is 12.5. The van der Waals surface area contributed by atoms with Gasteiger partial charge in [0.15, 0.2) is 0 Å². The minimum Gasteiger partial charge on any atom is -0.394 e. The summed E-state index contributed by atoms with van der Waals surface area (Å²) in [5.41, 5.74) is 0. The number of hydrogen-bond acceptors (Lipinski definition) is 4. The van der Waals surface area contributed by atoms with Gasteiger partial charge in [-0.15, -0.1) is 0 Å². The highest BCUT2D eigenvalue weighted by molar-refractivity contribution is 5.76. The van der Waals surface area contributed by atoms with Crippen LogP contribution in [0, 0.1) is 0 Å². The van der Waals surface area contributed by atoms with Crippen LogP contribution in [0.15, 0.2) is 24.3 Å². The second-order valence-electron chi connectivity index (χ2n) is 19.9. The van der Waals surface area contributed by atoms with Crippen LogP contribution in [-0.2, 0) is 4.79 Å². The Morgan fingerprint density at radius 1 is 0.397 bits per heavy atom. The number of aliphatic hydroxyl groups excluding tert-OH is 3. The molecule has 0 aliphatic carbocycles. The fourth-order valence-corrected chi connectivity index (χ4v) is 9.10. The number of aliphatic hydroxyl groups is 3. The maximum Gasteiger partial charge on any atom is 0.222 e. The first-order valence-corrected chi connectivity index (χ1v) is 28.6. The topological polar surface area (TPSA) is 89.8 Å². The van der Waals surface area contributed by atoms with E-state index < -0.39 is 18.2 Å². The SMILES string of the molecule is CCCCCCCCCCCCC/C=C/C(O)C(CO)NC(=O)CC(O)CCCCCCCCCCCCCCCCC/C=C\CCCCCCCCCCCCCCCCCC. The van der Waals surface area contributed by atoms with Crippen molar-refractivity contribution in [2.45, 2.75) is 334 Å². The summed E-state index contributed by atoms with van der Waals surface area (Å²) >= 11 is 0. The Balaban J connectivity index is 3.46. The van der Waals surface area contributed by atoms with Crippen LogP contribution in [0.4, 0.5) is 0 Å². The molecule has 1 amide bonds. The molecule has 0 saturated heterocycles. The van der Waals surface area contributed by atoms with Crippen molar-refractivity contribution in [3.63, 3.8) is 0 Å². The Hall–Kier alpha value is -1.17. The lowest BCUT2D eigenvalue weighted by Gasteiger charge is -2.21. The van der Waals surface area contributed by atoms with Gasteiger partial charge in [-0.2, -0.15) is 0 Å². The summed E-state index contributed by atoms with van der Waals surface area (Å²) in [6.45, 7) is 4.23. The van der Waals surface area contributed by atoms with E-state index in [-0.39, 0.29) is 18.9 Å². The molecule has 0 aliphatic rings. The third-order valence-electron chi connectivity index (χ3n) is 13.5. The van der Waals surface area contributed by atoms with E-state index >= 15 is 0 Å². The summed E-state index contributed by atoms with van der Waals surface area (Å²) in [6, 6.07) is -0.742. The number of allylic oxidation sites excluding steroid dienone is 3. The van der Waals surface area contributed by atoms with Crippen LogP contribution in [0.2, 0.25) is 0 Å². The lowest BCUT2D eigenvalue weighted by atomic mass is 10.0. The number of amides is 1. The van der Waals surface area contributed by atoms with E-state index in [9.17, 15) is 20.1 Å². The van der Waals surface area contributed by atoms with E-state index in [0.717, 1.165) is 25.7 Å². The molecule has 0 spiro atoms. The van der Waals surface area contributed by atoms with E-state index in [1.165, 1.54) is 263 Å². The van der Waals surface area contributed by atoms with Crippen molar-refractivity contribution in [1.82, 2.24) is 5.32 Å². The van der Waals surface area contributed by atoms with Crippen LogP contribution in [0.1, 0.15) is 316 Å². The second-order valence-corrected chi connectivity index (χ2v) is 19.9. The van der Waals surface area contributed by atoms with Crippen molar-refractivity contribution in [2.75, 3.05) is 6.61 Å². The van der Waals surface area contributed by atoms with Crippen molar-refractivity contribution < 1.29 is 20.1 Å². The molecule has 0 rings (SSSR count). The van der Waals surface area contributed by atoms with Gasteiger partial charge in [0.25, 0.3) is 0 Å². The second kappa shape index (κ2) is 53.4. The first-order chi connectivity index (χ1) is 31.0. The summed E-state index contributed by atoms with van der Waals surface area (Å²) in [4.78, 5) is 12.5. The number of unbranched alkanes of at least 4 members (excludes halogenated alkanes) is 42. The van der Waals surface area contributed by atoms with Gasteiger partial charge in [0.05, 0.1) is 31.3 Å². The highest BCUT2D eigenvalue weighted by atomic mass is 16.3. The van der Waals surface area contributed by atoms with Crippen molar-refractivity contribution in [3.05, 3.63) is 24.3 Å². The Morgan fingerprint density at radius 3 is 0.968 bits per heavy atom. The molecule has 0 bridgehead atoms. The van der Waals surface area contributed by atoms with Crippen LogP contribution in [0.3, 0.4) is 0 Å². The van der Waals surface area contributed by atoms with Gasteiger partial charge in [-0.3, -0.25) is 4.79 Å². The lowest BCUT2D eigenvalue weighted by Crippen LogP contribution is -2.45. The van der Waals surface area contributed by atoms with Crippen LogP contribution in [-0.4, -0.2) is 46.1 Å². The predicted molar refractivity (Wildman–Crippen MR) is 278 cm³/mol. The maximum atomic E-state index is 12.5. The van der Waals surface area contributed by atoms with Crippen molar-refractivity contribution >= 4 is 5.91 Å². The number of carbonyl (C=O) groups excluding carboxylic acids is 1. The smallest absolute Gasteiger partial charge is 0.222 e. The summed E-state index contributed by atoms with van der Waals surface area (Å²) in [5.74, 6) is -0.312. The summed E-state index contributed by atoms with van der Waals surface area (Å²) in [7, 11) is 0. The molecular weight excluding hydrogens is 775 g/mol. The Kier molecular flexibility index (Phi) is 52.5. The van der Waals surface area contributed by atoms with E-state index in [1.807, 2.05) is 6.08 Å². The molecule has 0 aromatic heterocycles. The predicted octanol–water partition coefficient (Wildman–Crippen LogP) is 17.7. The molecular formula is C58H113NO4. The zero-order valence-corrected chi connectivity index (χ0v) is 42.7. The van der Waals surface area contributed by atoms with Gasteiger partial charge in [-0.05, 0) is 44.9 Å². The van der Waals surface area contributed by atoms with Crippen LogP contribution < -0.4 is 5.32 Å². The quantitative estimate of drug-likeness (QED) is 0.0362. The van der Waals surface area contributed by atoms with Crippen LogP contribution in [0.25, 0.3) is 0 Å². The molecule has 0 fully saturated rings. The monoisotopic (exact) mass is 888 g/mol. The van der Waals surface area contributed by atoms with Gasteiger partial charge in [-0.25, -0.2) is 0 Å². The third-order valence-corrected chi connectivity index (χ3v) is 13.5. The van der Waals surface area contributed by atoms with E-state index in [1.54, 1.807) is 6.08 Å². The van der Waals surface area contributed by atoms with E-state index in [0.29, 0.717) is 6.42 Å². The first kappa shape index (κ1) is 61.8. The van der Waals surface area contributed by atoms with E-state index in [2.05, 4.69) is 31.3 Å². The molecule has 5 heteroatoms. The van der Waals surface area contributed by atoms with E-state index in [4.69, 9.17) is 0 Å². The summed E-state index contributed by atoms with van der Waals surface area (Å²) < 4.78 is 0. The van der Waals surface area contributed by atoms with Gasteiger partial charge in [0, 0.05) is 0 Å². The Morgan fingerprint density at radius 2 is 0.667 bits per heavy atom. The third kappa shape index (κ3) is 50.1. The molecule has 3 atom stereocenters. The van der Waals surface area contributed by atoms with Crippen molar-refractivity contribution in [1.29, 1.82) is 0 Å². The fourth-order valence-electron chi connectivity index (χ4n) is 9.10. The molecule has 0 heterocycles. The highest BCUT2D eigenvalue weighted by Crippen LogP contribution is 2.17. The van der Waals surface area contributed by atoms with Crippen molar-refractivity contribution in [2.24, 2.45) is 0 Å². The average Bonchev–Trinajstić information content (AvgIpc) is 3.28. The number of carbonyl (C=O) groups is 1. The molecule has 4 N–H and O–H groups in total. The van der Waals surface area contributed by atoms with Gasteiger partial charge in [0.2, 0.25) is 5.91 Å². The van der Waals surface area contributed by atoms with Gasteiger partial charge in [0.1, 0.15) is 0 Å². The summed E-state index contributed by atoms with van der Waals surface area (Å²) in [5, 5.41) is 33.3. The largest absolute Gasteiger partial charge is 0.394 e. The van der Waals surface area contributed by atoms with Gasteiger partial charge >= 0.3 is 0 Å². The molecule has 0 aromatic carbocycles. The van der Waals surface area contributed by atoms with Crippen molar-refractivity contribution in [3.8, 4) is 0 Å². The lowest BCUT2D eigenvalue weighted by molar-refractivity contribution is -0.124. The average molecular weight is 889 g/mol. The Bertz CT molecular complexity index is 936. The van der Waals surface area contributed by atoms with Crippen LogP contribution in [0.5, 0.6) is 0 Å². The molecule has 3 unspecified atom stereocenters. The van der Waals surface area contributed by atoms with Gasteiger partial charge in [-0.1, -0.05) is 289 Å². The normalized spacial score (nSPS) is 13.4. The molecule has 374 valence electrons. The fraction of sp³-hybridized carbons (Fsp3) is 0.914. The molecule has 0 radical (unpaired) electrons. The van der Waals surface area contributed by atoms with Crippen LogP contribution >= 0.6 is 0 Å². The molecule has 0 aromatic rings. The molecule has 0 saturated carbocycles. The minimum absolute atomic E-state index is 0.0168. The number of hydrogen-bond donors (Lipinski definition) is 4. The molecule has 0 aliphatic heterocycles. The molecule has 63 heavy (non-hydrogen) atoms. The molecule has 5 nitrogen and oxygen atoms in total. The first-order valence-electron chi connectivity index (χ1n) is 28.6. The number of rotatable bonds is 53. The zero-order chi connectivity index (χ0) is 45.8.